The van der Waals surface area contributed by atoms with Gasteiger partial charge in [0.05, 0.1) is 0 Å². The van der Waals surface area contributed by atoms with Crippen LogP contribution in [0.5, 0.6) is 0 Å². The molecule has 0 aliphatic carbocycles. The van der Waals surface area contributed by atoms with Crippen molar-refractivity contribution in [1.82, 2.24) is 0 Å². The van der Waals surface area contributed by atoms with Gasteiger partial charge in [0.1, 0.15) is 0 Å². The molecule has 0 aliphatic heterocycles. The highest BCUT2D eigenvalue weighted by Gasteiger charge is 2.13. The van der Waals surface area contributed by atoms with Crippen LogP contribution in [0.25, 0.3) is 64.6 Å². The average molecular weight is 377 g/mol. The molecule has 0 bridgehead atoms. The fourth-order valence-electron chi connectivity index (χ4n) is 5.18. The smallest absolute Gasteiger partial charge is 0.0000929 e. The fraction of sp³-hybridized carbons (Fsp3) is 0. The zero-order valence-corrected chi connectivity index (χ0v) is 16.3. The fourth-order valence-corrected chi connectivity index (χ4v) is 5.18. The molecule has 0 heterocycles. The monoisotopic (exact) mass is 377 g/mol. The predicted octanol–water partition coefficient (Wildman–Crippen LogP) is 8.41. The first kappa shape index (κ1) is 16.0. The van der Waals surface area contributed by atoms with Crippen LogP contribution in [0.1, 0.15) is 0 Å². The minimum absolute atomic E-state index is 1.21. The molecule has 0 saturated heterocycles. The van der Waals surface area contributed by atoms with Crippen LogP contribution in [0, 0.1) is 6.07 Å². The third kappa shape index (κ3) is 2.00. The highest BCUT2D eigenvalue weighted by molar-refractivity contribution is 6.32. The Morgan fingerprint density at radius 1 is 0.300 bits per heavy atom. The van der Waals surface area contributed by atoms with Crippen molar-refractivity contribution in [3.63, 3.8) is 0 Å². The van der Waals surface area contributed by atoms with Crippen molar-refractivity contribution in [2.45, 2.75) is 0 Å². The molecule has 0 heteroatoms. The van der Waals surface area contributed by atoms with E-state index in [0.29, 0.717) is 0 Å². The molecular formula is C30H17. The van der Waals surface area contributed by atoms with Crippen LogP contribution in [0.3, 0.4) is 0 Å². The van der Waals surface area contributed by atoms with Gasteiger partial charge in [-0.2, -0.15) is 0 Å². The van der Waals surface area contributed by atoms with Gasteiger partial charge in [-0.05, 0) is 76.8 Å². The predicted molar refractivity (Wildman–Crippen MR) is 130 cm³/mol. The van der Waals surface area contributed by atoms with Gasteiger partial charge in [-0.15, -0.1) is 0 Å². The highest BCUT2D eigenvalue weighted by atomic mass is 14.2. The first-order valence-corrected chi connectivity index (χ1v) is 10.4. The topological polar surface area (TPSA) is 0 Å². The number of benzene rings is 7. The maximum atomic E-state index is 3.88. The Morgan fingerprint density at radius 2 is 0.567 bits per heavy atom. The van der Waals surface area contributed by atoms with Crippen molar-refractivity contribution in [2.24, 2.45) is 0 Å². The van der Waals surface area contributed by atoms with Crippen molar-refractivity contribution in [1.29, 1.82) is 0 Å². The van der Waals surface area contributed by atoms with E-state index >= 15 is 0 Å². The van der Waals surface area contributed by atoms with Crippen LogP contribution < -0.4 is 0 Å². The summed E-state index contributed by atoms with van der Waals surface area (Å²) in [6.07, 6.45) is 0. The zero-order valence-electron chi connectivity index (χ0n) is 16.3. The van der Waals surface area contributed by atoms with Gasteiger partial charge in [-0.1, -0.05) is 97.1 Å². The molecule has 30 heavy (non-hydrogen) atoms. The third-order valence-electron chi connectivity index (χ3n) is 6.48. The lowest BCUT2D eigenvalue weighted by atomic mass is 9.89. The van der Waals surface area contributed by atoms with Gasteiger partial charge in [-0.3, -0.25) is 0 Å². The van der Waals surface area contributed by atoms with Gasteiger partial charge in [0.15, 0.2) is 0 Å². The maximum absolute atomic E-state index is 3.88. The van der Waals surface area contributed by atoms with Gasteiger partial charge in [0, 0.05) is 0 Å². The largest absolute Gasteiger partial charge is 0.0616 e. The lowest BCUT2D eigenvalue weighted by Gasteiger charge is -2.14. The molecule has 0 aromatic heterocycles. The lowest BCUT2D eigenvalue weighted by Crippen LogP contribution is -1.87. The Labute approximate surface area is 174 Å². The van der Waals surface area contributed by atoms with Crippen LogP contribution in [-0.4, -0.2) is 0 Å². The first-order valence-electron chi connectivity index (χ1n) is 10.4. The number of hydrogen-bond acceptors (Lipinski definition) is 0. The second-order valence-corrected chi connectivity index (χ2v) is 8.03. The van der Waals surface area contributed by atoms with E-state index in [1.807, 2.05) is 0 Å². The molecule has 0 nitrogen and oxygen atoms in total. The second-order valence-electron chi connectivity index (χ2n) is 8.03. The summed E-state index contributed by atoms with van der Waals surface area (Å²) >= 11 is 0. The van der Waals surface area contributed by atoms with E-state index in [4.69, 9.17) is 0 Å². The summed E-state index contributed by atoms with van der Waals surface area (Å²) in [6.45, 7) is 0. The first-order chi connectivity index (χ1) is 14.9. The molecule has 0 fully saturated rings. The molecule has 0 N–H and O–H groups in total. The summed E-state index contributed by atoms with van der Waals surface area (Å²) in [4.78, 5) is 0. The van der Waals surface area contributed by atoms with Crippen LogP contribution in [0.4, 0.5) is 0 Å². The number of fused-ring (bicyclic) bond motifs is 12. The van der Waals surface area contributed by atoms with E-state index < -0.39 is 0 Å². The van der Waals surface area contributed by atoms with Gasteiger partial charge < -0.3 is 0 Å². The van der Waals surface area contributed by atoms with E-state index in [0.717, 1.165) is 0 Å². The van der Waals surface area contributed by atoms with Crippen LogP contribution in [0.15, 0.2) is 103 Å². The second kappa shape index (κ2) is 5.81. The van der Waals surface area contributed by atoms with Crippen molar-refractivity contribution in [3.05, 3.63) is 109 Å². The lowest BCUT2D eigenvalue weighted by molar-refractivity contribution is 1.78. The summed E-state index contributed by atoms with van der Waals surface area (Å²) in [6, 6.07) is 41.2. The molecule has 0 saturated carbocycles. The third-order valence-corrected chi connectivity index (χ3v) is 6.48. The van der Waals surface area contributed by atoms with Crippen molar-refractivity contribution < 1.29 is 0 Å². The Hall–Kier alpha value is -3.90. The Balaban J connectivity index is 1.86. The quantitative estimate of drug-likeness (QED) is 0.184. The molecule has 7 rings (SSSR count). The van der Waals surface area contributed by atoms with E-state index in [-0.39, 0.29) is 0 Å². The van der Waals surface area contributed by atoms with E-state index in [9.17, 15) is 0 Å². The summed E-state index contributed by atoms with van der Waals surface area (Å²) in [5.74, 6) is 0. The Bertz CT molecular complexity index is 1520. The average Bonchev–Trinajstić information content (AvgIpc) is 2.83. The summed E-state index contributed by atoms with van der Waals surface area (Å²) in [7, 11) is 0. The van der Waals surface area contributed by atoms with Crippen LogP contribution >= 0.6 is 0 Å². The van der Waals surface area contributed by atoms with E-state index in [1.165, 1.54) is 64.6 Å². The Morgan fingerprint density at radius 3 is 0.933 bits per heavy atom. The highest BCUT2D eigenvalue weighted by Crippen LogP contribution is 2.41. The number of rotatable bonds is 0. The molecular weight excluding hydrogens is 360 g/mol. The molecule has 137 valence electrons. The zero-order chi connectivity index (χ0) is 19.7. The maximum Gasteiger partial charge on any atom is -0.0000929 e. The van der Waals surface area contributed by atoms with Gasteiger partial charge in [0.25, 0.3) is 0 Å². The summed E-state index contributed by atoms with van der Waals surface area (Å²) in [5, 5.41) is 15.3. The molecule has 0 atom stereocenters. The van der Waals surface area contributed by atoms with Crippen molar-refractivity contribution >= 4 is 64.6 Å². The summed E-state index contributed by atoms with van der Waals surface area (Å²) < 4.78 is 0. The van der Waals surface area contributed by atoms with Crippen molar-refractivity contribution in [2.75, 3.05) is 0 Å². The number of hydrogen-bond donors (Lipinski definition) is 0. The molecule has 0 spiro atoms. The molecule has 0 aliphatic rings. The minimum Gasteiger partial charge on any atom is -0.0616 e. The molecule has 0 unspecified atom stereocenters. The molecule has 1 radical (unpaired) electrons. The molecule has 0 amide bonds. The molecule has 7 aromatic carbocycles. The van der Waals surface area contributed by atoms with Gasteiger partial charge >= 0.3 is 0 Å². The van der Waals surface area contributed by atoms with Crippen LogP contribution in [-0.2, 0) is 0 Å². The van der Waals surface area contributed by atoms with Gasteiger partial charge in [0.2, 0.25) is 0 Å². The van der Waals surface area contributed by atoms with E-state index in [2.05, 4.69) is 109 Å². The normalized spacial score (nSPS) is 12.0. The summed E-state index contributed by atoms with van der Waals surface area (Å²) in [5.41, 5.74) is 0. The standard InChI is InChI=1S/C30H17/c1-5-13-23-19(9-1)20-10-2-6-14-24(20)28-18-30-26-16-8-4-12-22(26)21-11-3-7-15-25(21)29(30)17-27(23)28/h1-17H. The SMILES string of the molecule is [c]1c2c3ccccc3c3ccccc3c2cc2c1c1ccccc1c1ccccc21. The molecule has 7 aromatic rings. The minimum atomic E-state index is 1.21. The van der Waals surface area contributed by atoms with Crippen molar-refractivity contribution in [3.8, 4) is 0 Å². The van der Waals surface area contributed by atoms with Crippen LogP contribution in [0.2, 0.25) is 0 Å². The van der Waals surface area contributed by atoms with Gasteiger partial charge in [-0.25, -0.2) is 0 Å². The van der Waals surface area contributed by atoms with E-state index in [1.54, 1.807) is 0 Å². The Kier molecular flexibility index (Phi) is 3.09.